The Morgan fingerprint density at radius 3 is 2.27 bits per heavy atom. The highest BCUT2D eigenvalue weighted by molar-refractivity contribution is 6.33. The van der Waals surface area contributed by atoms with Crippen molar-refractivity contribution in [2.75, 3.05) is 40.4 Å². The number of hydrogen-bond donors (Lipinski definition) is 1. The summed E-state index contributed by atoms with van der Waals surface area (Å²) in [4.78, 5) is 2.04. The fraction of sp³-hybridized carbons (Fsp3) is 0.625. The molecule has 1 aromatic carbocycles. The molecule has 0 unspecified atom stereocenters. The lowest BCUT2D eigenvalue weighted by molar-refractivity contribution is -0.138. The summed E-state index contributed by atoms with van der Waals surface area (Å²) in [6.45, 7) is 2.83. The van der Waals surface area contributed by atoms with Crippen molar-refractivity contribution in [1.29, 1.82) is 0 Å². The SMILES string of the molecule is COc1ccc([C@H](CCC(F)(F)F)N2CCNCC2)c(Cl)c1OC.Cl.Cl. The summed E-state index contributed by atoms with van der Waals surface area (Å²) in [7, 11) is 2.95. The van der Waals surface area contributed by atoms with Crippen LogP contribution in [0.25, 0.3) is 0 Å². The van der Waals surface area contributed by atoms with E-state index < -0.39 is 18.6 Å². The summed E-state index contributed by atoms with van der Waals surface area (Å²) in [5.74, 6) is 0.810. The van der Waals surface area contributed by atoms with Gasteiger partial charge in [0.05, 0.1) is 19.2 Å². The first kappa shape index (κ1) is 25.4. The van der Waals surface area contributed by atoms with Crippen LogP contribution in [0.3, 0.4) is 0 Å². The molecule has 0 radical (unpaired) electrons. The molecule has 10 heteroatoms. The normalized spacial score (nSPS) is 16.2. The van der Waals surface area contributed by atoms with Gasteiger partial charge in [-0.15, -0.1) is 24.8 Å². The number of alkyl halides is 3. The van der Waals surface area contributed by atoms with Crippen LogP contribution in [0.4, 0.5) is 13.2 Å². The second kappa shape index (κ2) is 11.3. The fourth-order valence-corrected chi connectivity index (χ4v) is 3.35. The van der Waals surface area contributed by atoms with E-state index in [-0.39, 0.29) is 31.2 Å². The van der Waals surface area contributed by atoms with Gasteiger partial charge >= 0.3 is 6.18 Å². The van der Waals surface area contributed by atoms with Gasteiger partial charge in [0.25, 0.3) is 0 Å². The average Bonchev–Trinajstić information content (AvgIpc) is 2.56. The number of ether oxygens (including phenoxy) is 2. The maximum absolute atomic E-state index is 12.8. The lowest BCUT2D eigenvalue weighted by Gasteiger charge is -2.36. The van der Waals surface area contributed by atoms with Gasteiger partial charge in [0, 0.05) is 38.6 Å². The topological polar surface area (TPSA) is 33.7 Å². The third-order valence-electron chi connectivity index (χ3n) is 4.17. The highest BCUT2D eigenvalue weighted by Gasteiger charge is 2.33. The van der Waals surface area contributed by atoms with Crippen molar-refractivity contribution in [3.05, 3.63) is 22.7 Å². The van der Waals surface area contributed by atoms with Crippen LogP contribution < -0.4 is 14.8 Å². The van der Waals surface area contributed by atoms with Crippen LogP contribution in [0, 0.1) is 0 Å². The summed E-state index contributed by atoms with van der Waals surface area (Å²) in [6, 6.07) is 3.00. The van der Waals surface area contributed by atoms with Crippen LogP contribution in [-0.2, 0) is 0 Å². The number of rotatable bonds is 6. The number of methoxy groups -OCH3 is 2. The number of nitrogens with zero attached hydrogens (tertiary/aromatic N) is 1. The number of nitrogens with one attached hydrogen (secondary N) is 1. The van der Waals surface area contributed by atoms with Gasteiger partial charge in [0.1, 0.15) is 0 Å². The van der Waals surface area contributed by atoms with Crippen molar-refractivity contribution in [2.24, 2.45) is 0 Å². The van der Waals surface area contributed by atoms with Crippen LogP contribution in [0.1, 0.15) is 24.4 Å². The second-order valence-electron chi connectivity index (χ2n) is 5.66. The molecule has 1 aromatic rings. The summed E-state index contributed by atoms with van der Waals surface area (Å²) in [5, 5.41) is 3.52. The minimum absolute atomic E-state index is 0. The van der Waals surface area contributed by atoms with Crippen LogP contribution >= 0.6 is 36.4 Å². The molecule has 1 fully saturated rings. The average molecular weight is 440 g/mol. The minimum atomic E-state index is -4.20. The standard InChI is InChI=1S/C16H22ClF3N2O2.2ClH/c1-23-13-4-3-11(14(17)15(13)24-2)12(5-6-16(18,19)20)22-9-7-21-8-10-22;;/h3-4,12,21H,5-10H2,1-2H3;2*1H/t12-;;/m0../s1. The first-order valence-electron chi connectivity index (χ1n) is 7.79. The molecule has 2 rings (SSSR count). The minimum Gasteiger partial charge on any atom is -0.493 e. The zero-order valence-electron chi connectivity index (χ0n) is 14.6. The Bertz CT molecular complexity index is 556. The van der Waals surface area contributed by atoms with Gasteiger partial charge in [-0.3, -0.25) is 4.90 Å². The molecule has 152 valence electrons. The molecule has 1 saturated heterocycles. The highest BCUT2D eigenvalue weighted by atomic mass is 35.5. The maximum Gasteiger partial charge on any atom is 0.389 e. The van der Waals surface area contributed by atoms with Gasteiger partial charge in [-0.2, -0.15) is 13.2 Å². The summed E-state index contributed by atoms with van der Waals surface area (Å²) in [5.41, 5.74) is 0.639. The summed E-state index contributed by atoms with van der Waals surface area (Å²) >= 11 is 6.43. The van der Waals surface area contributed by atoms with Gasteiger partial charge in [0.2, 0.25) is 0 Å². The van der Waals surface area contributed by atoms with Crippen molar-refractivity contribution in [2.45, 2.75) is 25.1 Å². The van der Waals surface area contributed by atoms with Crippen LogP contribution in [-0.4, -0.2) is 51.5 Å². The maximum atomic E-state index is 12.8. The molecule has 1 aliphatic heterocycles. The molecular weight excluding hydrogens is 416 g/mol. The van der Waals surface area contributed by atoms with E-state index in [2.05, 4.69) is 5.32 Å². The largest absolute Gasteiger partial charge is 0.493 e. The van der Waals surface area contributed by atoms with E-state index in [1.165, 1.54) is 14.2 Å². The molecular formula is C16H24Cl3F3N2O2. The summed E-state index contributed by atoms with van der Waals surface area (Å²) in [6.07, 6.45) is -5.10. The first-order valence-corrected chi connectivity index (χ1v) is 8.17. The van der Waals surface area contributed by atoms with Gasteiger partial charge in [-0.1, -0.05) is 17.7 Å². The van der Waals surface area contributed by atoms with E-state index in [1.807, 2.05) is 4.90 Å². The third kappa shape index (κ3) is 6.53. The Kier molecular flexibility index (Phi) is 11.0. The fourth-order valence-electron chi connectivity index (χ4n) is 2.99. The molecule has 0 saturated carbocycles. The van der Waals surface area contributed by atoms with Crippen molar-refractivity contribution < 1.29 is 22.6 Å². The molecule has 0 amide bonds. The molecule has 0 aliphatic carbocycles. The van der Waals surface area contributed by atoms with E-state index >= 15 is 0 Å². The van der Waals surface area contributed by atoms with E-state index in [0.717, 1.165) is 13.1 Å². The molecule has 1 aliphatic rings. The van der Waals surface area contributed by atoms with Gasteiger partial charge in [-0.25, -0.2) is 0 Å². The van der Waals surface area contributed by atoms with Crippen molar-refractivity contribution >= 4 is 36.4 Å². The monoisotopic (exact) mass is 438 g/mol. The summed E-state index contributed by atoms with van der Waals surface area (Å²) < 4.78 is 48.7. The zero-order valence-corrected chi connectivity index (χ0v) is 17.0. The zero-order chi connectivity index (χ0) is 17.7. The number of halogens is 6. The Morgan fingerprint density at radius 1 is 1.15 bits per heavy atom. The van der Waals surface area contributed by atoms with Crippen LogP contribution in [0.2, 0.25) is 5.02 Å². The molecule has 1 N–H and O–H groups in total. The molecule has 0 spiro atoms. The second-order valence-corrected chi connectivity index (χ2v) is 6.04. The van der Waals surface area contributed by atoms with E-state index in [1.54, 1.807) is 12.1 Å². The van der Waals surface area contributed by atoms with Crippen molar-refractivity contribution in [3.63, 3.8) is 0 Å². The first-order chi connectivity index (χ1) is 11.4. The van der Waals surface area contributed by atoms with E-state index in [0.29, 0.717) is 35.2 Å². The van der Waals surface area contributed by atoms with E-state index in [4.69, 9.17) is 21.1 Å². The molecule has 0 bridgehead atoms. The predicted octanol–water partition coefficient (Wildman–Crippen LogP) is 4.49. The lowest BCUT2D eigenvalue weighted by atomic mass is 9.98. The Morgan fingerprint density at radius 2 is 1.77 bits per heavy atom. The smallest absolute Gasteiger partial charge is 0.389 e. The van der Waals surface area contributed by atoms with Gasteiger partial charge < -0.3 is 14.8 Å². The molecule has 26 heavy (non-hydrogen) atoms. The molecule has 0 aromatic heterocycles. The molecule has 1 atom stereocenters. The Labute approximate surface area is 169 Å². The Hall–Kier alpha value is -0.600. The number of hydrogen-bond acceptors (Lipinski definition) is 4. The molecule has 1 heterocycles. The number of benzene rings is 1. The lowest BCUT2D eigenvalue weighted by Crippen LogP contribution is -2.45. The van der Waals surface area contributed by atoms with Gasteiger partial charge in [-0.05, 0) is 18.1 Å². The highest BCUT2D eigenvalue weighted by Crippen LogP contribution is 2.43. The van der Waals surface area contributed by atoms with Crippen molar-refractivity contribution in [3.8, 4) is 11.5 Å². The molecule has 4 nitrogen and oxygen atoms in total. The predicted molar refractivity (Wildman–Crippen MR) is 102 cm³/mol. The Balaban J connectivity index is 0.00000312. The third-order valence-corrected chi connectivity index (χ3v) is 4.56. The number of piperazine rings is 1. The van der Waals surface area contributed by atoms with Gasteiger partial charge in [0.15, 0.2) is 11.5 Å². The van der Waals surface area contributed by atoms with Crippen LogP contribution in [0.15, 0.2) is 12.1 Å². The van der Waals surface area contributed by atoms with E-state index in [9.17, 15) is 13.2 Å². The van der Waals surface area contributed by atoms with Crippen molar-refractivity contribution in [1.82, 2.24) is 10.2 Å². The quantitative estimate of drug-likeness (QED) is 0.708. The van der Waals surface area contributed by atoms with Crippen LogP contribution in [0.5, 0.6) is 11.5 Å².